The van der Waals surface area contributed by atoms with Crippen molar-refractivity contribution in [3.05, 3.63) is 16.6 Å². The maximum absolute atomic E-state index is 12.7. The number of aliphatic hydroxyl groups excluding tert-OH is 1. The molecule has 0 saturated heterocycles. The minimum atomic E-state index is -3.81. The maximum Gasteiger partial charge on any atom is 0.244 e. The van der Waals surface area contributed by atoms with Crippen LogP contribution in [0.3, 0.4) is 0 Å². The van der Waals surface area contributed by atoms with Gasteiger partial charge < -0.3 is 14.6 Å². The highest BCUT2D eigenvalue weighted by Crippen LogP contribution is 2.37. The Kier molecular flexibility index (Phi) is 5.65. The van der Waals surface area contributed by atoms with Crippen molar-refractivity contribution < 1.29 is 23.0 Å². The molecule has 0 aliphatic carbocycles. The van der Waals surface area contributed by atoms with Gasteiger partial charge in [-0.1, -0.05) is 0 Å². The molecule has 0 amide bonds. The van der Waals surface area contributed by atoms with Crippen molar-refractivity contribution in [1.29, 1.82) is 0 Å². The zero-order valence-corrected chi connectivity index (χ0v) is 15.1. The molecule has 120 valence electrons. The van der Waals surface area contributed by atoms with Gasteiger partial charge in [0.1, 0.15) is 4.90 Å². The van der Waals surface area contributed by atoms with E-state index in [-0.39, 0.29) is 11.5 Å². The minimum absolute atomic E-state index is 0.0455. The van der Waals surface area contributed by atoms with Gasteiger partial charge in [0, 0.05) is 17.6 Å². The number of methoxy groups -OCH3 is 2. The molecule has 6 nitrogen and oxygen atoms in total. The Morgan fingerprint density at radius 1 is 1.24 bits per heavy atom. The summed E-state index contributed by atoms with van der Waals surface area (Å²) in [4.78, 5) is 0.0455. The molecule has 0 aliphatic heterocycles. The molecule has 1 rings (SSSR count). The Morgan fingerprint density at radius 3 is 2.14 bits per heavy atom. The summed E-state index contributed by atoms with van der Waals surface area (Å²) in [6.45, 7) is 2.98. The predicted octanol–water partition coefficient (Wildman–Crippen LogP) is 1.86. The standard InChI is InChI=1S/C13H20BrNO5S/c1-13(2,8-16)15(3)21(17,18)12-7-11(20-5)10(19-4)6-9(12)14/h6-7,16H,8H2,1-5H3. The van der Waals surface area contributed by atoms with Gasteiger partial charge in [0.2, 0.25) is 10.0 Å². The lowest BCUT2D eigenvalue weighted by atomic mass is 10.1. The molecule has 1 aromatic rings. The topological polar surface area (TPSA) is 76.1 Å². The van der Waals surface area contributed by atoms with Crippen LogP contribution in [0.25, 0.3) is 0 Å². The van der Waals surface area contributed by atoms with Gasteiger partial charge >= 0.3 is 0 Å². The van der Waals surface area contributed by atoms with E-state index in [0.29, 0.717) is 16.0 Å². The molecular weight excluding hydrogens is 362 g/mol. The van der Waals surface area contributed by atoms with Crippen LogP contribution in [0.4, 0.5) is 0 Å². The van der Waals surface area contributed by atoms with E-state index in [1.807, 2.05) is 0 Å². The first kappa shape index (κ1) is 18.2. The van der Waals surface area contributed by atoms with E-state index < -0.39 is 15.6 Å². The maximum atomic E-state index is 12.7. The van der Waals surface area contributed by atoms with Crippen LogP contribution in [-0.2, 0) is 10.0 Å². The van der Waals surface area contributed by atoms with Gasteiger partial charge in [0.05, 0.1) is 26.4 Å². The highest BCUT2D eigenvalue weighted by Gasteiger charge is 2.35. The number of ether oxygens (including phenoxy) is 2. The zero-order chi connectivity index (χ0) is 16.4. The number of sulfonamides is 1. The van der Waals surface area contributed by atoms with Crippen molar-refractivity contribution in [3.8, 4) is 11.5 Å². The summed E-state index contributed by atoms with van der Waals surface area (Å²) >= 11 is 3.24. The van der Waals surface area contributed by atoms with Gasteiger partial charge in [-0.15, -0.1) is 0 Å². The first-order valence-corrected chi connectivity index (χ1v) is 8.36. The summed E-state index contributed by atoms with van der Waals surface area (Å²) in [7, 11) is 0.525. The Bertz CT molecular complexity index is 615. The third-order valence-electron chi connectivity index (χ3n) is 3.32. The summed E-state index contributed by atoms with van der Waals surface area (Å²) in [6, 6.07) is 2.92. The molecule has 8 heteroatoms. The lowest BCUT2D eigenvalue weighted by Gasteiger charge is -2.33. The van der Waals surface area contributed by atoms with E-state index >= 15 is 0 Å². The molecule has 1 N–H and O–H groups in total. The number of halogens is 1. The Hall–Kier alpha value is -0.830. The Balaban J connectivity index is 3.45. The normalized spacial score (nSPS) is 12.6. The van der Waals surface area contributed by atoms with Gasteiger partial charge in [-0.3, -0.25) is 0 Å². The van der Waals surface area contributed by atoms with E-state index in [2.05, 4.69) is 15.9 Å². The summed E-state index contributed by atoms with van der Waals surface area (Å²) in [5.41, 5.74) is -0.925. The quantitative estimate of drug-likeness (QED) is 0.813. The summed E-state index contributed by atoms with van der Waals surface area (Å²) in [5.74, 6) is 0.738. The Morgan fingerprint density at radius 2 is 1.71 bits per heavy atom. The molecule has 0 heterocycles. The van der Waals surface area contributed by atoms with Gasteiger partial charge in [-0.05, 0) is 35.8 Å². The van der Waals surface area contributed by atoms with Crippen LogP contribution in [0, 0.1) is 0 Å². The first-order chi connectivity index (χ1) is 9.61. The summed E-state index contributed by atoms with van der Waals surface area (Å²) < 4.78 is 37.2. The van der Waals surface area contributed by atoms with Crippen molar-refractivity contribution in [2.24, 2.45) is 0 Å². The monoisotopic (exact) mass is 381 g/mol. The highest BCUT2D eigenvalue weighted by atomic mass is 79.9. The van der Waals surface area contributed by atoms with Crippen molar-refractivity contribution in [2.75, 3.05) is 27.9 Å². The second kappa shape index (κ2) is 6.51. The van der Waals surface area contributed by atoms with Crippen molar-refractivity contribution in [1.82, 2.24) is 4.31 Å². The molecule has 0 aliphatic rings. The predicted molar refractivity (Wildman–Crippen MR) is 83.4 cm³/mol. The number of nitrogens with zero attached hydrogens (tertiary/aromatic N) is 1. The minimum Gasteiger partial charge on any atom is -0.493 e. The van der Waals surface area contributed by atoms with Crippen LogP contribution in [0.1, 0.15) is 13.8 Å². The largest absolute Gasteiger partial charge is 0.493 e. The highest BCUT2D eigenvalue weighted by molar-refractivity contribution is 9.10. The van der Waals surface area contributed by atoms with E-state index in [1.165, 1.54) is 33.4 Å². The fraction of sp³-hybridized carbons (Fsp3) is 0.538. The SMILES string of the molecule is COc1cc(Br)c(S(=O)(=O)N(C)C(C)(C)CO)cc1OC. The molecule has 0 bridgehead atoms. The summed E-state index contributed by atoms with van der Waals surface area (Å²) in [5, 5.41) is 9.36. The van der Waals surface area contributed by atoms with Crippen LogP contribution < -0.4 is 9.47 Å². The molecule has 0 atom stereocenters. The van der Waals surface area contributed by atoms with Crippen LogP contribution in [0.2, 0.25) is 0 Å². The van der Waals surface area contributed by atoms with Crippen LogP contribution in [0.15, 0.2) is 21.5 Å². The molecule has 0 radical (unpaired) electrons. The Labute approximate surface area is 133 Å². The number of likely N-dealkylation sites (N-methyl/N-ethyl adjacent to an activating group) is 1. The molecule has 0 fully saturated rings. The average molecular weight is 382 g/mol. The third kappa shape index (κ3) is 3.50. The molecule has 0 saturated carbocycles. The average Bonchev–Trinajstić information content (AvgIpc) is 2.45. The molecule has 0 spiro atoms. The van der Waals surface area contributed by atoms with Crippen LogP contribution in [0.5, 0.6) is 11.5 Å². The number of hydrogen-bond donors (Lipinski definition) is 1. The van der Waals surface area contributed by atoms with Gasteiger partial charge in [-0.2, -0.15) is 4.31 Å². The first-order valence-electron chi connectivity index (χ1n) is 6.13. The molecule has 1 aromatic carbocycles. The third-order valence-corrected chi connectivity index (χ3v) is 6.34. The fourth-order valence-corrected chi connectivity index (χ4v) is 4.11. The number of hydrogen-bond acceptors (Lipinski definition) is 5. The second-order valence-corrected chi connectivity index (χ2v) is 7.87. The molecule has 0 aromatic heterocycles. The van der Waals surface area contributed by atoms with Gasteiger partial charge in [-0.25, -0.2) is 8.42 Å². The second-order valence-electron chi connectivity index (χ2n) is 5.08. The van der Waals surface area contributed by atoms with Crippen molar-refractivity contribution in [2.45, 2.75) is 24.3 Å². The van der Waals surface area contributed by atoms with Gasteiger partial charge in [0.25, 0.3) is 0 Å². The van der Waals surface area contributed by atoms with Crippen LogP contribution >= 0.6 is 15.9 Å². The molecular formula is C13H20BrNO5S. The lowest BCUT2D eigenvalue weighted by molar-refractivity contribution is 0.138. The van der Waals surface area contributed by atoms with E-state index in [0.717, 1.165) is 4.31 Å². The van der Waals surface area contributed by atoms with E-state index in [9.17, 15) is 13.5 Å². The number of benzene rings is 1. The van der Waals surface area contributed by atoms with E-state index in [4.69, 9.17) is 9.47 Å². The van der Waals surface area contributed by atoms with E-state index in [1.54, 1.807) is 13.8 Å². The summed E-state index contributed by atoms with van der Waals surface area (Å²) in [6.07, 6.45) is 0. The number of rotatable bonds is 6. The smallest absolute Gasteiger partial charge is 0.244 e. The number of aliphatic hydroxyl groups is 1. The lowest BCUT2D eigenvalue weighted by Crippen LogP contribution is -2.47. The molecule has 0 unspecified atom stereocenters. The fourth-order valence-electron chi connectivity index (χ4n) is 1.61. The van der Waals surface area contributed by atoms with Crippen molar-refractivity contribution >= 4 is 26.0 Å². The zero-order valence-electron chi connectivity index (χ0n) is 12.7. The molecule has 21 heavy (non-hydrogen) atoms. The van der Waals surface area contributed by atoms with Crippen LogP contribution in [-0.4, -0.2) is 51.2 Å². The van der Waals surface area contributed by atoms with Crippen molar-refractivity contribution in [3.63, 3.8) is 0 Å². The van der Waals surface area contributed by atoms with Gasteiger partial charge in [0.15, 0.2) is 11.5 Å².